The van der Waals surface area contributed by atoms with Gasteiger partial charge in [0.15, 0.2) is 17.4 Å². The Balaban J connectivity index is 1.45. The summed E-state index contributed by atoms with van der Waals surface area (Å²) in [5, 5.41) is 9.59. The van der Waals surface area contributed by atoms with E-state index in [0.717, 1.165) is 18.2 Å². The highest BCUT2D eigenvalue weighted by atomic mass is 28.3. The molecule has 7 nitrogen and oxygen atoms in total. The van der Waals surface area contributed by atoms with Gasteiger partial charge in [0.1, 0.15) is 35.8 Å². The lowest BCUT2D eigenvalue weighted by molar-refractivity contribution is -0.121. The first-order valence-corrected chi connectivity index (χ1v) is 18.6. The van der Waals surface area contributed by atoms with Gasteiger partial charge in [0.2, 0.25) is 0 Å². The fraction of sp³-hybridized carbons (Fsp3) is 0.382. The number of carbonyl (C=O) groups excluding carboxylic acids is 1. The van der Waals surface area contributed by atoms with E-state index in [4.69, 9.17) is 14.2 Å². The summed E-state index contributed by atoms with van der Waals surface area (Å²) in [6.07, 6.45) is 3.39. The number of nitriles is 1. The molecule has 5 rings (SSSR count). The lowest BCUT2D eigenvalue weighted by atomic mass is 9.87. The highest BCUT2D eigenvalue weighted by molar-refractivity contribution is 6.76. The van der Waals surface area contributed by atoms with Crippen molar-refractivity contribution in [3.63, 3.8) is 0 Å². The number of fused-ring (bicyclic) bond motifs is 1. The minimum absolute atomic E-state index is 0.0961. The molecule has 236 valence electrons. The van der Waals surface area contributed by atoms with Gasteiger partial charge >= 0.3 is 0 Å². The number of halogens is 3. The van der Waals surface area contributed by atoms with E-state index < -0.39 is 31.3 Å². The molecular formula is C34H36F3N3O4Si. The average Bonchev–Trinajstić information content (AvgIpc) is 3.31. The summed E-state index contributed by atoms with van der Waals surface area (Å²) in [5.41, 5.74) is 1.43. The first kappa shape index (κ1) is 32.4. The molecule has 1 atom stereocenters. The van der Waals surface area contributed by atoms with Gasteiger partial charge < -0.3 is 18.8 Å². The summed E-state index contributed by atoms with van der Waals surface area (Å²) in [6.45, 7) is 10.7. The van der Waals surface area contributed by atoms with Crippen molar-refractivity contribution in [3.05, 3.63) is 77.4 Å². The van der Waals surface area contributed by atoms with E-state index in [1.54, 1.807) is 16.8 Å². The molecule has 45 heavy (non-hydrogen) atoms. The third kappa shape index (κ3) is 7.64. The summed E-state index contributed by atoms with van der Waals surface area (Å²) >= 11 is 0. The number of nitrogens with zero attached hydrogens (tertiary/aromatic N) is 3. The van der Waals surface area contributed by atoms with Crippen LogP contribution in [0, 0.1) is 40.6 Å². The zero-order valence-electron chi connectivity index (χ0n) is 25.8. The van der Waals surface area contributed by atoms with E-state index >= 15 is 8.78 Å². The van der Waals surface area contributed by atoms with Crippen molar-refractivity contribution >= 4 is 24.9 Å². The van der Waals surface area contributed by atoms with Gasteiger partial charge in [-0.1, -0.05) is 32.6 Å². The van der Waals surface area contributed by atoms with Crippen LogP contribution in [0.5, 0.6) is 11.5 Å². The maximum absolute atomic E-state index is 15.4. The van der Waals surface area contributed by atoms with Gasteiger partial charge in [-0.25, -0.2) is 18.2 Å². The van der Waals surface area contributed by atoms with E-state index in [-0.39, 0.29) is 41.7 Å². The number of ether oxygens (including phenoxy) is 3. The van der Waals surface area contributed by atoms with Crippen molar-refractivity contribution in [2.45, 2.75) is 52.2 Å². The number of pyridine rings is 1. The zero-order chi connectivity index (χ0) is 32.3. The van der Waals surface area contributed by atoms with Crippen LogP contribution in [0.4, 0.5) is 13.2 Å². The van der Waals surface area contributed by atoms with Gasteiger partial charge in [0.05, 0.1) is 24.2 Å². The normalized spacial score (nSPS) is 14.3. The third-order valence-corrected chi connectivity index (χ3v) is 9.74. The summed E-state index contributed by atoms with van der Waals surface area (Å²) in [7, 11) is -1.33. The molecule has 1 fully saturated rings. The van der Waals surface area contributed by atoms with Gasteiger partial charge in [-0.15, -0.1) is 0 Å². The van der Waals surface area contributed by atoms with Crippen LogP contribution in [0.2, 0.25) is 25.7 Å². The monoisotopic (exact) mass is 635 g/mol. The van der Waals surface area contributed by atoms with Crippen LogP contribution < -0.4 is 4.74 Å². The van der Waals surface area contributed by atoms with E-state index in [9.17, 15) is 14.4 Å². The second kappa shape index (κ2) is 13.6. The molecule has 0 saturated carbocycles. The van der Waals surface area contributed by atoms with E-state index in [1.165, 1.54) is 24.4 Å². The lowest BCUT2D eigenvalue weighted by Gasteiger charge is -2.31. The predicted molar refractivity (Wildman–Crippen MR) is 167 cm³/mol. The Morgan fingerprint density at radius 3 is 2.49 bits per heavy atom. The summed E-state index contributed by atoms with van der Waals surface area (Å²) in [5.74, 6) is -2.79. The van der Waals surface area contributed by atoms with Crippen molar-refractivity contribution in [1.82, 2.24) is 9.55 Å². The van der Waals surface area contributed by atoms with Gasteiger partial charge in [0, 0.05) is 51.4 Å². The van der Waals surface area contributed by atoms with Crippen LogP contribution >= 0.6 is 0 Å². The molecule has 1 saturated heterocycles. The van der Waals surface area contributed by atoms with E-state index in [0.29, 0.717) is 54.3 Å². The van der Waals surface area contributed by atoms with Crippen molar-refractivity contribution in [1.29, 1.82) is 5.26 Å². The summed E-state index contributed by atoms with van der Waals surface area (Å²) < 4.78 is 64.1. The Labute approximate surface area is 261 Å². The number of carbonyl (C=O) groups is 1. The highest BCUT2D eigenvalue weighted by Gasteiger charge is 2.27. The Kier molecular flexibility index (Phi) is 9.77. The molecule has 1 aliphatic heterocycles. The third-order valence-electron chi connectivity index (χ3n) is 8.04. The van der Waals surface area contributed by atoms with Gasteiger partial charge in [0.25, 0.3) is 0 Å². The molecule has 0 spiro atoms. The first-order valence-electron chi connectivity index (χ1n) is 14.9. The number of rotatable bonds is 13. The first-order chi connectivity index (χ1) is 21.4. The quantitative estimate of drug-likeness (QED) is 0.110. The molecule has 1 unspecified atom stereocenters. The lowest BCUT2D eigenvalue weighted by Crippen LogP contribution is -2.34. The number of hydrogen-bond donors (Lipinski definition) is 0. The van der Waals surface area contributed by atoms with Crippen LogP contribution in [-0.4, -0.2) is 43.2 Å². The van der Waals surface area contributed by atoms with Crippen molar-refractivity contribution in [2.24, 2.45) is 11.8 Å². The highest BCUT2D eigenvalue weighted by Crippen LogP contribution is 2.40. The summed E-state index contributed by atoms with van der Waals surface area (Å²) in [6, 6.07) is 10.7. The molecule has 11 heteroatoms. The maximum atomic E-state index is 15.4. The minimum atomic E-state index is -1.33. The molecule has 1 aliphatic rings. The fourth-order valence-electron chi connectivity index (χ4n) is 5.23. The molecule has 0 bridgehead atoms. The average molecular weight is 636 g/mol. The molecule has 2 aromatic heterocycles. The summed E-state index contributed by atoms with van der Waals surface area (Å²) in [4.78, 5) is 17.1. The predicted octanol–water partition coefficient (Wildman–Crippen LogP) is 7.88. The Morgan fingerprint density at radius 1 is 1.13 bits per heavy atom. The minimum Gasteiger partial charge on any atom is -0.450 e. The molecule has 2 aromatic carbocycles. The number of benzene rings is 2. The molecule has 0 N–H and O–H groups in total. The largest absolute Gasteiger partial charge is 0.450 e. The van der Waals surface area contributed by atoms with Gasteiger partial charge in [-0.05, 0) is 53.4 Å². The van der Waals surface area contributed by atoms with Crippen LogP contribution in [0.15, 0.2) is 48.8 Å². The van der Waals surface area contributed by atoms with Crippen LogP contribution in [-0.2, 0) is 27.4 Å². The number of aromatic nitrogens is 2. The van der Waals surface area contributed by atoms with Gasteiger partial charge in [-0.3, -0.25) is 4.79 Å². The molecule has 0 aliphatic carbocycles. The number of hydrogen-bond acceptors (Lipinski definition) is 6. The SMILES string of the molecule is CC(CC(=O)Cc1cc(F)c(Oc2ccnc3c2c(-c2ccc(C#N)c(F)c2)cn3COCC[Si](C)(C)C)c(F)c1)C1COC1. The molecule has 0 amide bonds. The number of ketones is 1. The maximum Gasteiger partial charge on any atom is 0.198 e. The second-order valence-corrected chi connectivity index (χ2v) is 18.5. The number of Topliss-reactive ketones (excluding diaryl/α,β-unsaturated/α-hetero) is 1. The van der Waals surface area contributed by atoms with Crippen molar-refractivity contribution in [2.75, 3.05) is 19.8 Å². The molecular weight excluding hydrogens is 599 g/mol. The van der Waals surface area contributed by atoms with Gasteiger partial charge in [-0.2, -0.15) is 5.26 Å². The second-order valence-electron chi connectivity index (χ2n) is 12.9. The standard InChI is InChI=1S/C34H36F3N3O4Si/c1-21(25-18-43-19-25)11-26(41)12-22-13-29(36)33(30(37)14-22)44-31-7-8-39-34-32(31)27(23-5-6-24(16-38)28(35)15-23)17-40(34)20-42-9-10-45(2,3)4/h5-8,13-15,17,21,25H,9-12,18-20H2,1-4H3. The Hall–Kier alpha value is -3.98. The van der Waals surface area contributed by atoms with Crippen LogP contribution in [0.3, 0.4) is 0 Å². The topological polar surface area (TPSA) is 86.4 Å². The van der Waals surface area contributed by atoms with Crippen molar-refractivity contribution in [3.8, 4) is 28.7 Å². The molecule has 3 heterocycles. The Bertz CT molecular complexity index is 1740. The van der Waals surface area contributed by atoms with Crippen molar-refractivity contribution < 1.29 is 32.2 Å². The zero-order valence-corrected chi connectivity index (χ0v) is 26.8. The fourth-order valence-corrected chi connectivity index (χ4v) is 5.99. The van der Waals surface area contributed by atoms with E-state index in [2.05, 4.69) is 24.6 Å². The van der Waals surface area contributed by atoms with Crippen LogP contribution in [0.25, 0.3) is 22.2 Å². The Morgan fingerprint density at radius 2 is 1.87 bits per heavy atom. The van der Waals surface area contributed by atoms with Crippen LogP contribution in [0.1, 0.15) is 24.5 Å². The smallest absolute Gasteiger partial charge is 0.198 e. The molecule has 0 radical (unpaired) electrons. The van der Waals surface area contributed by atoms with E-state index in [1.807, 2.05) is 13.0 Å². The molecule has 4 aromatic rings.